The SMILES string of the molecule is Cc1c(CNc2cccc3c(=O)[nH][nH]c(=O)c23)cnn1C. The van der Waals surface area contributed by atoms with Crippen LogP contribution in [0.4, 0.5) is 5.69 Å². The first-order chi connectivity index (χ1) is 10.1. The van der Waals surface area contributed by atoms with Crippen molar-refractivity contribution in [2.24, 2.45) is 7.05 Å². The summed E-state index contributed by atoms with van der Waals surface area (Å²) < 4.78 is 1.79. The number of hydrogen-bond acceptors (Lipinski definition) is 4. The predicted molar refractivity (Wildman–Crippen MR) is 80.5 cm³/mol. The maximum atomic E-state index is 12.0. The van der Waals surface area contributed by atoms with E-state index in [1.54, 1.807) is 29.1 Å². The molecule has 3 N–H and O–H groups in total. The van der Waals surface area contributed by atoms with Crippen LogP contribution in [0, 0.1) is 6.92 Å². The first-order valence-electron chi connectivity index (χ1n) is 6.53. The van der Waals surface area contributed by atoms with E-state index in [-0.39, 0.29) is 11.1 Å². The van der Waals surface area contributed by atoms with Crippen molar-refractivity contribution >= 4 is 16.5 Å². The zero-order valence-electron chi connectivity index (χ0n) is 11.7. The highest BCUT2D eigenvalue weighted by atomic mass is 16.1. The lowest BCUT2D eigenvalue weighted by molar-refractivity contribution is 0.738. The quantitative estimate of drug-likeness (QED) is 0.665. The van der Waals surface area contributed by atoms with Gasteiger partial charge in [0.1, 0.15) is 0 Å². The van der Waals surface area contributed by atoms with Crippen LogP contribution in [0.3, 0.4) is 0 Å². The molecule has 108 valence electrons. The van der Waals surface area contributed by atoms with E-state index in [9.17, 15) is 9.59 Å². The molecule has 0 unspecified atom stereocenters. The summed E-state index contributed by atoms with van der Waals surface area (Å²) in [6.07, 6.45) is 1.78. The fraction of sp³-hybridized carbons (Fsp3) is 0.214. The van der Waals surface area contributed by atoms with E-state index in [0.717, 1.165) is 11.3 Å². The Hall–Kier alpha value is -2.83. The molecule has 0 saturated heterocycles. The minimum Gasteiger partial charge on any atom is -0.380 e. The number of fused-ring (bicyclic) bond motifs is 1. The number of aromatic nitrogens is 4. The molecule has 0 radical (unpaired) electrons. The Morgan fingerprint density at radius 2 is 2.00 bits per heavy atom. The number of rotatable bonds is 3. The molecule has 21 heavy (non-hydrogen) atoms. The third kappa shape index (κ3) is 2.22. The van der Waals surface area contributed by atoms with Gasteiger partial charge in [0.05, 0.1) is 17.0 Å². The second-order valence-corrected chi connectivity index (χ2v) is 4.87. The van der Waals surface area contributed by atoms with Crippen LogP contribution in [-0.4, -0.2) is 20.0 Å². The maximum Gasteiger partial charge on any atom is 0.272 e. The highest BCUT2D eigenvalue weighted by molar-refractivity contribution is 5.92. The number of H-pyrrole nitrogens is 2. The highest BCUT2D eigenvalue weighted by Crippen LogP contribution is 2.18. The number of aryl methyl sites for hydroxylation is 1. The van der Waals surface area contributed by atoms with Gasteiger partial charge in [-0.1, -0.05) is 6.07 Å². The molecular formula is C14H15N5O2. The molecule has 2 heterocycles. The fourth-order valence-corrected chi connectivity index (χ4v) is 2.28. The Bertz CT molecular complexity index is 919. The van der Waals surface area contributed by atoms with Crippen molar-refractivity contribution in [3.05, 3.63) is 56.4 Å². The summed E-state index contributed by atoms with van der Waals surface area (Å²) in [5.74, 6) is 0. The molecule has 3 rings (SSSR count). The Kier molecular flexibility index (Phi) is 3.09. The Morgan fingerprint density at radius 1 is 1.24 bits per heavy atom. The second-order valence-electron chi connectivity index (χ2n) is 4.87. The van der Waals surface area contributed by atoms with Crippen LogP contribution in [0.1, 0.15) is 11.3 Å². The predicted octanol–water partition coefficient (Wildman–Crippen LogP) is 0.870. The van der Waals surface area contributed by atoms with Crippen molar-refractivity contribution < 1.29 is 0 Å². The van der Waals surface area contributed by atoms with Crippen LogP contribution in [0.15, 0.2) is 34.0 Å². The molecular weight excluding hydrogens is 270 g/mol. The van der Waals surface area contributed by atoms with E-state index in [1.807, 2.05) is 14.0 Å². The minimum absolute atomic E-state index is 0.314. The molecule has 0 fully saturated rings. The molecule has 7 heteroatoms. The molecule has 0 bridgehead atoms. The van der Waals surface area contributed by atoms with Crippen molar-refractivity contribution in [2.75, 3.05) is 5.32 Å². The van der Waals surface area contributed by atoms with Gasteiger partial charge in [0.2, 0.25) is 0 Å². The van der Waals surface area contributed by atoms with Gasteiger partial charge in [-0.05, 0) is 19.1 Å². The normalized spacial score (nSPS) is 11.0. The smallest absolute Gasteiger partial charge is 0.272 e. The van der Waals surface area contributed by atoms with E-state index < -0.39 is 0 Å². The Labute approximate surface area is 119 Å². The zero-order chi connectivity index (χ0) is 15.0. The van der Waals surface area contributed by atoms with E-state index in [4.69, 9.17) is 0 Å². The molecule has 1 aromatic carbocycles. The lowest BCUT2D eigenvalue weighted by Gasteiger charge is -2.08. The van der Waals surface area contributed by atoms with Crippen molar-refractivity contribution in [3.8, 4) is 0 Å². The second kappa shape index (κ2) is 4.93. The van der Waals surface area contributed by atoms with Gasteiger partial charge in [0.25, 0.3) is 11.1 Å². The van der Waals surface area contributed by atoms with Gasteiger partial charge in [-0.2, -0.15) is 5.10 Å². The Morgan fingerprint density at radius 3 is 2.71 bits per heavy atom. The standard InChI is InChI=1S/C14H15N5O2/c1-8-9(7-16-19(8)2)6-15-11-5-3-4-10-12(11)14(21)18-17-13(10)20/h3-5,7,15H,6H2,1-2H3,(H,17,20)(H,18,21). The summed E-state index contributed by atoms with van der Waals surface area (Å²) in [6.45, 7) is 2.51. The molecule has 3 aromatic rings. The summed E-state index contributed by atoms with van der Waals surface area (Å²) in [6, 6.07) is 5.15. The molecule has 0 atom stereocenters. The zero-order valence-corrected chi connectivity index (χ0v) is 11.7. The molecule has 0 spiro atoms. The largest absolute Gasteiger partial charge is 0.380 e. The molecule has 0 saturated carbocycles. The van der Waals surface area contributed by atoms with Crippen LogP contribution in [0.5, 0.6) is 0 Å². The minimum atomic E-state index is -0.324. The number of aromatic amines is 2. The fourth-order valence-electron chi connectivity index (χ4n) is 2.28. The van der Waals surface area contributed by atoms with Crippen molar-refractivity contribution in [1.82, 2.24) is 20.0 Å². The highest BCUT2D eigenvalue weighted by Gasteiger charge is 2.09. The number of hydrogen-bond donors (Lipinski definition) is 3. The van der Waals surface area contributed by atoms with Crippen LogP contribution >= 0.6 is 0 Å². The third-order valence-electron chi connectivity index (χ3n) is 3.63. The number of nitrogens with zero attached hydrogens (tertiary/aromatic N) is 2. The molecule has 2 aromatic heterocycles. The van der Waals surface area contributed by atoms with E-state index in [1.165, 1.54) is 0 Å². The van der Waals surface area contributed by atoms with Gasteiger partial charge in [0.15, 0.2) is 0 Å². The molecule has 0 amide bonds. The topological polar surface area (TPSA) is 95.6 Å². The summed E-state index contributed by atoms with van der Waals surface area (Å²) in [4.78, 5) is 23.7. The lowest BCUT2D eigenvalue weighted by atomic mass is 10.1. The van der Waals surface area contributed by atoms with Crippen molar-refractivity contribution in [2.45, 2.75) is 13.5 Å². The molecule has 0 aliphatic heterocycles. The summed E-state index contributed by atoms with van der Waals surface area (Å²) in [5, 5.41) is 12.8. The van der Waals surface area contributed by atoms with E-state index in [2.05, 4.69) is 20.6 Å². The van der Waals surface area contributed by atoms with Gasteiger partial charge in [0, 0.05) is 30.5 Å². The summed E-state index contributed by atoms with van der Waals surface area (Å²) in [7, 11) is 1.88. The van der Waals surface area contributed by atoms with Gasteiger partial charge in [-0.25, -0.2) is 0 Å². The van der Waals surface area contributed by atoms with Crippen LogP contribution in [0.2, 0.25) is 0 Å². The summed E-state index contributed by atoms with van der Waals surface area (Å²) in [5.41, 5.74) is 2.08. The average molecular weight is 285 g/mol. The molecule has 0 aliphatic rings. The van der Waals surface area contributed by atoms with Crippen LogP contribution in [0.25, 0.3) is 10.8 Å². The maximum absolute atomic E-state index is 12.0. The number of anilines is 1. The molecule has 0 aliphatic carbocycles. The molecule has 7 nitrogen and oxygen atoms in total. The van der Waals surface area contributed by atoms with Crippen LogP contribution in [-0.2, 0) is 13.6 Å². The van der Waals surface area contributed by atoms with Crippen molar-refractivity contribution in [1.29, 1.82) is 0 Å². The average Bonchev–Trinajstić information content (AvgIpc) is 2.80. The summed E-state index contributed by atoms with van der Waals surface area (Å²) >= 11 is 0. The van der Waals surface area contributed by atoms with Crippen molar-refractivity contribution in [3.63, 3.8) is 0 Å². The number of benzene rings is 1. The van der Waals surface area contributed by atoms with Gasteiger partial charge in [-0.15, -0.1) is 0 Å². The van der Waals surface area contributed by atoms with E-state index >= 15 is 0 Å². The lowest BCUT2D eigenvalue weighted by Crippen LogP contribution is -2.20. The van der Waals surface area contributed by atoms with Gasteiger partial charge < -0.3 is 5.32 Å². The van der Waals surface area contributed by atoms with E-state index in [0.29, 0.717) is 23.0 Å². The number of nitrogens with one attached hydrogen (secondary N) is 3. The first-order valence-corrected chi connectivity index (χ1v) is 6.53. The van der Waals surface area contributed by atoms with Gasteiger partial charge >= 0.3 is 0 Å². The monoisotopic (exact) mass is 285 g/mol. The van der Waals surface area contributed by atoms with Crippen LogP contribution < -0.4 is 16.4 Å². The first kappa shape index (κ1) is 13.2. The Balaban J connectivity index is 2.02. The van der Waals surface area contributed by atoms with Gasteiger partial charge in [-0.3, -0.25) is 24.5 Å². The third-order valence-corrected chi connectivity index (χ3v) is 3.63.